The summed E-state index contributed by atoms with van der Waals surface area (Å²) in [5.74, 6) is 1.10. The molecule has 0 bridgehead atoms. The first-order valence-electron chi connectivity index (χ1n) is 13.3. The summed E-state index contributed by atoms with van der Waals surface area (Å²) in [5, 5.41) is 8.07. The highest BCUT2D eigenvalue weighted by molar-refractivity contribution is 6.08. The highest BCUT2D eigenvalue weighted by atomic mass is 16.5. The SMILES string of the molecule is COc1ccc(OC)c(-c2cc(C(=O)N/N=C(/C)c3ccc(NC(=O)C4CCCC4)cc3)c3ccccc3n2)c1. The van der Waals surface area contributed by atoms with Crippen LogP contribution in [0.15, 0.2) is 77.9 Å². The van der Waals surface area contributed by atoms with E-state index >= 15 is 0 Å². The number of ether oxygens (including phenoxy) is 2. The fraction of sp³-hybridized carbons (Fsp3) is 0.250. The molecule has 8 heteroatoms. The van der Waals surface area contributed by atoms with E-state index in [1.54, 1.807) is 20.3 Å². The molecule has 1 fully saturated rings. The number of pyridine rings is 1. The molecule has 0 spiro atoms. The third-order valence-corrected chi connectivity index (χ3v) is 7.26. The van der Waals surface area contributed by atoms with Crippen molar-refractivity contribution in [2.75, 3.05) is 19.5 Å². The number of methoxy groups -OCH3 is 2. The van der Waals surface area contributed by atoms with Gasteiger partial charge in [0, 0.05) is 22.6 Å². The molecule has 1 aliphatic carbocycles. The third-order valence-electron chi connectivity index (χ3n) is 7.26. The summed E-state index contributed by atoms with van der Waals surface area (Å²) >= 11 is 0. The molecule has 0 radical (unpaired) electrons. The van der Waals surface area contributed by atoms with Crippen molar-refractivity contribution in [3.05, 3.63) is 83.9 Å². The van der Waals surface area contributed by atoms with Crippen LogP contribution in [0.4, 0.5) is 5.69 Å². The predicted molar refractivity (Wildman–Crippen MR) is 157 cm³/mol. The van der Waals surface area contributed by atoms with E-state index in [9.17, 15) is 9.59 Å². The fourth-order valence-corrected chi connectivity index (χ4v) is 5.00. The lowest BCUT2D eigenvalue weighted by atomic mass is 10.0. The van der Waals surface area contributed by atoms with Gasteiger partial charge < -0.3 is 14.8 Å². The molecule has 8 nitrogen and oxygen atoms in total. The molecule has 1 heterocycles. The zero-order valence-electron chi connectivity index (χ0n) is 22.9. The highest BCUT2D eigenvalue weighted by Crippen LogP contribution is 2.34. The maximum Gasteiger partial charge on any atom is 0.272 e. The quantitative estimate of drug-likeness (QED) is 0.206. The lowest BCUT2D eigenvalue weighted by Gasteiger charge is -2.13. The Balaban J connectivity index is 1.37. The molecule has 1 saturated carbocycles. The number of fused-ring (bicyclic) bond motifs is 1. The number of nitrogens with one attached hydrogen (secondary N) is 2. The summed E-state index contributed by atoms with van der Waals surface area (Å²) in [5.41, 5.74) is 7.32. The van der Waals surface area contributed by atoms with Crippen molar-refractivity contribution in [3.8, 4) is 22.8 Å². The molecule has 4 aromatic rings. The number of hydrazone groups is 1. The summed E-state index contributed by atoms with van der Waals surface area (Å²) in [4.78, 5) is 30.6. The number of rotatable bonds is 8. The Morgan fingerprint density at radius 1 is 0.925 bits per heavy atom. The van der Waals surface area contributed by atoms with E-state index in [-0.39, 0.29) is 17.7 Å². The molecule has 3 aromatic carbocycles. The average Bonchev–Trinajstić information content (AvgIpc) is 3.54. The number of para-hydroxylation sites is 1. The van der Waals surface area contributed by atoms with Crippen molar-refractivity contribution in [1.29, 1.82) is 0 Å². The molecule has 5 rings (SSSR count). The van der Waals surface area contributed by atoms with Crippen molar-refractivity contribution in [1.82, 2.24) is 10.4 Å². The minimum atomic E-state index is -0.360. The maximum atomic E-state index is 13.4. The Morgan fingerprint density at radius 3 is 2.40 bits per heavy atom. The van der Waals surface area contributed by atoms with E-state index in [0.717, 1.165) is 36.9 Å². The lowest BCUT2D eigenvalue weighted by molar-refractivity contribution is -0.119. The molecule has 0 saturated heterocycles. The van der Waals surface area contributed by atoms with Crippen LogP contribution in [0.25, 0.3) is 22.2 Å². The Bertz CT molecular complexity index is 1570. The van der Waals surface area contributed by atoms with Crippen LogP contribution < -0.4 is 20.2 Å². The van der Waals surface area contributed by atoms with Crippen LogP contribution in [-0.4, -0.2) is 36.7 Å². The van der Waals surface area contributed by atoms with E-state index in [2.05, 4.69) is 15.8 Å². The second-order valence-corrected chi connectivity index (χ2v) is 9.82. The average molecular weight is 537 g/mol. The first-order chi connectivity index (χ1) is 19.5. The molecule has 2 amide bonds. The molecular formula is C32H32N4O4. The standard InChI is InChI=1S/C32H32N4O4/c1-20(21-12-14-23(15-13-21)33-31(37)22-8-4-5-9-22)35-36-32(38)26-19-29(34-28-11-7-6-10-25(26)28)27-18-24(39-2)16-17-30(27)40-3/h6-7,10-19,22H,4-5,8-9H2,1-3H3,(H,33,37)(H,36,38)/b35-20-. The van der Waals surface area contributed by atoms with Crippen molar-refractivity contribution < 1.29 is 19.1 Å². The summed E-state index contributed by atoms with van der Waals surface area (Å²) in [6, 6.07) is 22.1. The van der Waals surface area contributed by atoms with Crippen LogP contribution >= 0.6 is 0 Å². The monoisotopic (exact) mass is 536 g/mol. The van der Waals surface area contributed by atoms with Gasteiger partial charge in [-0.2, -0.15) is 5.10 Å². The first kappa shape index (κ1) is 26.9. The molecule has 2 N–H and O–H groups in total. The number of nitrogens with zero attached hydrogens (tertiary/aromatic N) is 2. The summed E-state index contributed by atoms with van der Waals surface area (Å²) < 4.78 is 11.0. The largest absolute Gasteiger partial charge is 0.497 e. The van der Waals surface area contributed by atoms with Crippen LogP contribution in [0.2, 0.25) is 0 Å². The van der Waals surface area contributed by atoms with Crippen molar-refractivity contribution in [3.63, 3.8) is 0 Å². The smallest absolute Gasteiger partial charge is 0.272 e. The van der Waals surface area contributed by atoms with Gasteiger partial charge in [-0.3, -0.25) is 9.59 Å². The number of hydrogen-bond acceptors (Lipinski definition) is 6. The van der Waals surface area contributed by atoms with Crippen LogP contribution in [-0.2, 0) is 4.79 Å². The van der Waals surface area contributed by atoms with Crippen molar-refractivity contribution >= 4 is 34.1 Å². The molecule has 1 aliphatic rings. The Labute approximate surface area is 233 Å². The third kappa shape index (κ3) is 5.81. The number of anilines is 1. The highest BCUT2D eigenvalue weighted by Gasteiger charge is 2.22. The number of carbonyl (C=O) groups is 2. The van der Waals surface area contributed by atoms with Crippen molar-refractivity contribution in [2.45, 2.75) is 32.6 Å². The van der Waals surface area contributed by atoms with E-state index in [1.807, 2.05) is 73.7 Å². The van der Waals surface area contributed by atoms with Gasteiger partial charge in [-0.1, -0.05) is 43.2 Å². The second kappa shape index (κ2) is 12.0. The molecule has 0 atom stereocenters. The molecule has 0 aliphatic heterocycles. The van der Waals surface area contributed by atoms with Crippen molar-refractivity contribution in [2.24, 2.45) is 11.0 Å². The minimum absolute atomic E-state index is 0.0819. The van der Waals surface area contributed by atoms with Gasteiger partial charge in [0.15, 0.2) is 0 Å². The fourth-order valence-electron chi connectivity index (χ4n) is 5.00. The van der Waals surface area contributed by atoms with Gasteiger partial charge in [0.25, 0.3) is 5.91 Å². The van der Waals surface area contributed by atoms with Gasteiger partial charge >= 0.3 is 0 Å². The first-order valence-corrected chi connectivity index (χ1v) is 13.3. The predicted octanol–water partition coefficient (Wildman–Crippen LogP) is 6.20. The van der Waals surface area contributed by atoms with Gasteiger partial charge in [0.2, 0.25) is 5.91 Å². The molecule has 0 unspecified atom stereocenters. The summed E-state index contributed by atoms with van der Waals surface area (Å²) in [6.07, 6.45) is 4.14. The minimum Gasteiger partial charge on any atom is -0.497 e. The topological polar surface area (TPSA) is 102 Å². The zero-order valence-corrected chi connectivity index (χ0v) is 22.9. The zero-order chi connectivity index (χ0) is 28.1. The Kier molecular flexibility index (Phi) is 8.05. The van der Waals surface area contributed by atoms with Crippen LogP contribution in [0, 0.1) is 5.92 Å². The van der Waals surface area contributed by atoms with E-state index in [4.69, 9.17) is 14.5 Å². The molecule has 204 valence electrons. The number of carbonyl (C=O) groups excluding carboxylic acids is 2. The normalized spacial score (nSPS) is 13.7. The second-order valence-electron chi connectivity index (χ2n) is 9.82. The number of hydrogen-bond donors (Lipinski definition) is 2. The van der Waals surface area contributed by atoms with Gasteiger partial charge in [-0.25, -0.2) is 10.4 Å². The van der Waals surface area contributed by atoms with E-state index in [1.165, 1.54) is 0 Å². The van der Waals surface area contributed by atoms with Crippen LogP contribution in [0.3, 0.4) is 0 Å². The maximum absolute atomic E-state index is 13.4. The molecule has 1 aromatic heterocycles. The lowest BCUT2D eigenvalue weighted by Crippen LogP contribution is -2.20. The van der Waals surface area contributed by atoms with Gasteiger partial charge in [-0.15, -0.1) is 0 Å². The Hall–Kier alpha value is -4.72. The van der Waals surface area contributed by atoms with E-state index in [0.29, 0.717) is 44.9 Å². The summed E-state index contributed by atoms with van der Waals surface area (Å²) in [6.45, 7) is 1.82. The van der Waals surface area contributed by atoms with Gasteiger partial charge in [0.05, 0.1) is 36.7 Å². The summed E-state index contributed by atoms with van der Waals surface area (Å²) in [7, 11) is 3.19. The van der Waals surface area contributed by atoms with Gasteiger partial charge in [0.1, 0.15) is 11.5 Å². The Morgan fingerprint density at radius 2 is 1.68 bits per heavy atom. The van der Waals surface area contributed by atoms with Crippen LogP contribution in [0.5, 0.6) is 11.5 Å². The van der Waals surface area contributed by atoms with E-state index < -0.39 is 0 Å². The number of aromatic nitrogens is 1. The molecular weight excluding hydrogens is 504 g/mol. The van der Waals surface area contributed by atoms with Gasteiger partial charge in [-0.05, 0) is 67.8 Å². The number of benzene rings is 3. The molecule has 40 heavy (non-hydrogen) atoms. The number of amides is 2. The van der Waals surface area contributed by atoms with Crippen LogP contribution in [0.1, 0.15) is 48.5 Å².